The van der Waals surface area contributed by atoms with Crippen LogP contribution in [0.15, 0.2) is 48.6 Å². The Bertz CT molecular complexity index is 1250. The fraction of sp³-hybridized carbons (Fsp3) is 0.515. The molecule has 0 atom stereocenters. The van der Waals surface area contributed by atoms with Crippen LogP contribution in [-0.2, 0) is 12.6 Å². The Hall–Kier alpha value is -2.91. The molecule has 0 saturated heterocycles. The van der Waals surface area contributed by atoms with Crippen LogP contribution in [0.3, 0.4) is 0 Å². The van der Waals surface area contributed by atoms with E-state index in [4.69, 9.17) is 0 Å². The van der Waals surface area contributed by atoms with E-state index in [0.29, 0.717) is 37.7 Å². The molecule has 4 rings (SSSR count). The van der Waals surface area contributed by atoms with Gasteiger partial charge in [0.15, 0.2) is 0 Å². The van der Waals surface area contributed by atoms with Gasteiger partial charge in [0.1, 0.15) is 34.6 Å². The minimum absolute atomic E-state index is 0.0377. The third kappa shape index (κ3) is 8.38. The average molecular weight is 619 g/mol. The van der Waals surface area contributed by atoms with Crippen molar-refractivity contribution in [1.29, 1.82) is 0 Å². The summed E-state index contributed by atoms with van der Waals surface area (Å²) in [6.07, 6.45) is 3.81. The molecule has 236 valence electrons. The van der Waals surface area contributed by atoms with Gasteiger partial charge in [-0.05, 0) is 107 Å². The SMILES string of the molecule is C/C=C/CCc1cc(F)c(C2CCC(/C=C/C3CCC(C(F)(F)Oc4cc(F)c(C(F)(F)F)c(F)c4)CC3)CC2)c(F)c1. The summed E-state index contributed by atoms with van der Waals surface area (Å²) >= 11 is 0. The Morgan fingerprint density at radius 2 is 1.23 bits per heavy atom. The molecule has 0 unspecified atom stereocenters. The fourth-order valence-corrected chi connectivity index (χ4v) is 6.27. The van der Waals surface area contributed by atoms with Gasteiger partial charge >= 0.3 is 12.3 Å². The van der Waals surface area contributed by atoms with Crippen molar-refractivity contribution in [1.82, 2.24) is 0 Å². The van der Waals surface area contributed by atoms with E-state index in [2.05, 4.69) is 10.8 Å². The number of benzene rings is 2. The summed E-state index contributed by atoms with van der Waals surface area (Å²) < 4.78 is 129. The van der Waals surface area contributed by atoms with Crippen LogP contribution in [0.2, 0.25) is 0 Å². The number of halogens is 9. The van der Waals surface area contributed by atoms with E-state index in [-0.39, 0.29) is 48.3 Å². The summed E-state index contributed by atoms with van der Waals surface area (Å²) in [5.41, 5.74) is -1.37. The number of ether oxygens (including phenoxy) is 1. The maximum atomic E-state index is 14.8. The summed E-state index contributed by atoms with van der Waals surface area (Å²) in [4.78, 5) is 0. The normalized spacial score (nSPS) is 23.8. The van der Waals surface area contributed by atoms with Gasteiger partial charge in [-0.3, -0.25) is 0 Å². The number of allylic oxidation sites excluding steroid dienone is 4. The van der Waals surface area contributed by atoms with Crippen molar-refractivity contribution in [2.45, 2.75) is 89.3 Å². The molecule has 2 aliphatic rings. The predicted molar refractivity (Wildman–Crippen MR) is 146 cm³/mol. The van der Waals surface area contributed by atoms with E-state index in [1.807, 2.05) is 25.2 Å². The summed E-state index contributed by atoms with van der Waals surface area (Å²) in [5.74, 6) is -7.26. The van der Waals surface area contributed by atoms with Gasteiger partial charge in [0.25, 0.3) is 0 Å². The maximum Gasteiger partial charge on any atom is 0.422 e. The monoisotopic (exact) mass is 618 g/mol. The topological polar surface area (TPSA) is 9.23 Å². The van der Waals surface area contributed by atoms with Crippen molar-refractivity contribution >= 4 is 0 Å². The Morgan fingerprint density at radius 1 is 0.721 bits per heavy atom. The molecule has 0 amide bonds. The van der Waals surface area contributed by atoms with Crippen LogP contribution in [0.1, 0.15) is 87.3 Å². The van der Waals surface area contributed by atoms with E-state index in [9.17, 15) is 39.5 Å². The lowest BCUT2D eigenvalue weighted by atomic mass is 9.76. The second-order valence-corrected chi connectivity index (χ2v) is 11.6. The van der Waals surface area contributed by atoms with Crippen LogP contribution in [-0.4, -0.2) is 6.11 Å². The Morgan fingerprint density at radius 3 is 1.72 bits per heavy atom. The molecule has 2 fully saturated rings. The molecule has 0 aromatic heterocycles. The highest BCUT2D eigenvalue weighted by Gasteiger charge is 2.45. The van der Waals surface area contributed by atoms with Gasteiger partial charge in [0.05, 0.1) is 5.92 Å². The van der Waals surface area contributed by atoms with Crippen LogP contribution in [0.4, 0.5) is 39.5 Å². The summed E-state index contributed by atoms with van der Waals surface area (Å²) in [7, 11) is 0. The molecule has 2 aromatic rings. The smallest absolute Gasteiger partial charge is 0.422 e. The second kappa shape index (κ2) is 13.8. The van der Waals surface area contributed by atoms with Gasteiger partial charge in [0, 0.05) is 17.7 Å². The lowest BCUT2D eigenvalue weighted by Gasteiger charge is -2.33. The van der Waals surface area contributed by atoms with Gasteiger partial charge in [-0.15, -0.1) is 0 Å². The average Bonchev–Trinajstić information content (AvgIpc) is 2.91. The molecule has 0 radical (unpaired) electrons. The van der Waals surface area contributed by atoms with E-state index >= 15 is 0 Å². The molecule has 43 heavy (non-hydrogen) atoms. The van der Waals surface area contributed by atoms with E-state index in [0.717, 1.165) is 19.3 Å². The van der Waals surface area contributed by atoms with Crippen molar-refractivity contribution in [2.75, 3.05) is 0 Å². The Balaban J connectivity index is 1.26. The predicted octanol–water partition coefficient (Wildman–Crippen LogP) is 11.1. The summed E-state index contributed by atoms with van der Waals surface area (Å²) in [6.45, 7) is 1.89. The maximum absolute atomic E-state index is 14.8. The second-order valence-electron chi connectivity index (χ2n) is 11.6. The molecular formula is C33H35F9O. The van der Waals surface area contributed by atoms with Crippen LogP contribution >= 0.6 is 0 Å². The van der Waals surface area contributed by atoms with Gasteiger partial charge < -0.3 is 4.74 Å². The first kappa shape index (κ1) is 33.0. The molecule has 0 aliphatic heterocycles. The zero-order valence-corrected chi connectivity index (χ0v) is 23.8. The minimum atomic E-state index is -5.31. The lowest BCUT2D eigenvalue weighted by molar-refractivity contribution is -0.223. The van der Waals surface area contributed by atoms with Crippen LogP contribution < -0.4 is 4.74 Å². The molecule has 0 spiro atoms. The van der Waals surface area contributed by atoms with Crippen molar-refractivity contribution in [3.05, 3.63) is 88.5 Å². The van der Waals surface area contributed by atoms with Gasteiger partial charge in [-0.1, -0.05) is 24.3 Å². The Kier molecular flexibility index (Phi) is 10.6. The lowest BCUT2D eigenvalue weighted by Crippen LogP contribution is -2.37. The molecule has 2 aromatic carbocycles. The van der Waals surface area contributed by atoms with Gasteiger partial charge in [-0.2, -0.15) is 22.0 Å². The molecule has 2 aliphatic carbocycles. The third-order valence-electron chi connectivity index (χ3n) is 8.61. The quantitative estimate of drug-likeness (QED) is 0.201. The zero-order valence-electron chi connectivity index (χ0n) is 23.8. The summed E-state index contributed by atoms with van der Waals surface area (Å²) in [6, 6.07) is 3.10. The molecule has 0 heterocycles. The molecule has 1 nitrogen and oxygen atoms in total. The third-order valence-corrected chi connectivity index (χ3v) is 8.61. The van der Waals surface area contributed by atoms with E-state index < -0.39 is 52.8 Å². The first-order valence-electron chi connectivity index (χ1n) is 14.7. The van der Waals surface area contributed by atoms with E-state index in [1.165, 1.54) is 12.1 Å². The van der Waals surface area contributed by atoms with E-state index in [1.54, 1.807) is 0 Å². The number of hydrogen-bond donors (Lipinski definition) is 0. The van der Waals surface area contributed by atoms with Crippen molar-refractivity contribution in [3.63, 3.8) is 0 Å². The van der Waals surface area contributed by atoms with Crippen molar-refractivity contribution in [2.24, 2.45) is 17.8 Å². The molecule has 0 bridgehead atoms. The van der Waals surface area contributed by atoms with Crippen LogP contribution in [0, 0.1) is 41.0 Å². The number of hydrogen-bond acceptors (Lipinski definition) is 1. The number of aryl methyl sites for hydroxylation is 1. The summed E-state index contributed by atoms with van der Waals surface area (Å²) in [5, 5.41) is 0. The number of alkyl halides is 5. The van der Waals surface area contributed by atoms with Crippen molar-refractivity contribution < 1.29 is 44.3 Å². The Labute approximate surface area is 245 Å². The van der Waals surface area contributed by atoms with Crippen LogP contribution in [0.5, 0.6) is 5.75 Å². The minimum Gasteiger partial charge on any atom is -0.432 e. The molecular weight excluding hydrogens is 583 g/mol. The largest absolute Gasteiger partial charge is 0.432 e. The van der Waals surface area contributed by atoms with Gasteiger partial charge in [-0.25, -0.2) is 17.6 Å². The molecule has 10 heteroatoms. The first-order valence-corrected chi connectivity index (χ1v) is 14.7. The molecule has 0 N–H and O–H groups in total. The highest BCUT2D eigenvalue weighted by molar-refractivity contribution is 5.33. The highest BCUT2D eigenvalue weighted by atomic mass is 19.4. The fourth-order valence-electron chi connectivity index (χ4n) is 6.27. The zero-order chi connectivity index (χ0) is 31.4. The standard InChI is InChI=1S/C33H35F9O/c1-2-3-4-5-22-16-26(34)30(27(35)17-22)23-12-8-20(9-13-23)6-7-21-10-14-24(15-11-21)33(41,42)43-25-18-28(36)31(29(37)19-25)32(38,39)40/h2-3,6-7,16-21,23-24H,4-5,8-15H2,1H3/b3-2+,7-6+. The highest BCUT2D eigenvalue weighted by Crippen LogP contribution is 2.43. The van der Waals surface area contributed by atoms with Crippen molar-refractivity contribution in [3.8, 4) is 5.75 Å². The van der Waals surface area contributed by atoms with Crippen LogP contribution in [0.25, 0.3) is 0 Å². The first-order chi connectivity index (χ1) is 20.3. The molecule has 2 saturated carbocycles. The van der Waals surface area contributed by atoms with Gasteiger partial charge in [0.2, 0.25) is 0 Å². The number of rotatable bonds is 9.